The van der Waals surface area contributed by atoms with Gasteiger partial charge in [-0.1, -0.05) is 43.3 Å². The van der Waals surface area contributed by atoms with Crippen LogP contribution in [0.1, 0.15) is 58.9 Å². The first-order valence-corrected chi connectivity index (χ1v) is 15.1. The Morgan fingerprint density at radius 1 is 0.956 bits per heavy atom. The van der Waals surface area contributed by atoms with Gasteiger partial charge in [0, 0.05) is 31.7 Å². The molecule has 0 aromatic heterocycles. The van der Waals surface area contributed by atoms with Gasteiger partial charge in [0.05, 0.1) is 0 Å². The number of carboxylic acid groups (broad SMARTS) is 1. The van der Waals surface area contributed by atoms with Gasteiger partial charge in [-0.05, 0) is 90.2 Å². The Balaban J connectivity index is 1.21. The molecule has 6 nitrogen and oxygen atoms in total. The van der Waals surface area contributed by atoms with Crippen molar-refractivity contribution in [3.8, 4) is 11.5 Å². The lowest BCUT2D eigenvalue weighted by molar-refractivity contribution is -0.144. The standard InChI is InChI=1S/C36H35F3N2O4/c1-3-33(24-9-12-30(38)31(39)15-24)44-29-10-7-23(8-11-29)35-21-40(2)19-27-14-25-16-32(36(42)43)41(20-26(25)17-34(27)45-35)18-22-5-4-6-28(37)13-22/h4-15,17,32-33,35H,3,16,18-21H2,1-2H3,(H,42,43)/t32-,33+,35+/m0/s1. The van der Waals surface area contributed by atoms with Crippen LogP contribution in [0.5, 0.6) is 11.5 Å². The Morgan fingerprint density at radius 2 is 1.76 bits per heavy atom. The maximum atomic E-state index is 13.9. The highest BCUT2D eigenvalue weighted by Gasteiger charge is 2.33. The molecule has 1 N–H and O–H groups in total. The topological polar surface area (TPSA) is 62.2 Å². The fourth-order valence-electron chi connectivity index (χ4n) is 6.26. The molecule has 0 aliphatic carbocycles. The van der Waals surface area contributed by atoms with Crippen molar-refractivity contribution in [1.82, 2.24) is 9.80 Å². The Hall–Kier alpha value is -4.34. The molecule has 2 aliphatic rings. The number of hydrogen-bond donors (Lipinski definition) is 1. The molecular formula is C36H35F3N2O4. The number of rotatable bonds is 8. The van der Waals surface area contributed by atoms with Crippen molar-refractivity contribution in [1.29, 1.82) is 0 Å². The number of aliphatic carboxylic acids is 1. The summed E-state index contributed by atoms with van der Waals surface area (Å²) in [5.41, 5.74) is 5.23. The zero-order chi connectivity index (χ0) is 31.7. The zero-order valence-electron chi connectivity index (χ0n) is 25.2. The number of hydrogen-bond acceptors (Lipinski definition) is 5. The molecule has 0 bridgehead atoms. The molecule has 4 aromatic carbocycles. The number of nitrogens with zero attached hydrogens (tertiary/aromatic N) is 2. The second-order valence-corrected chi connectivity index (χ2v) is 11.9. The average Bonchev–Trinajstić information content (AvgIpc) is 3.17. The maximum Gasteiger partial charge on any atom is 0.321 e. The molecule has 6 rings (SSSR count). The summed E-state index contributed by atoms with van der Waals surface area (Å²) in [6.45, 7) is 3.94. The fourth-order valence-corrected chi connectivity index (χ4v) is 6.26. The lowest BCUT2D eigenvalue weighted by atomic mass is 9.91. The van der Waals surface area contributed by atoms with Crippen molar-refractivity contribution >= 4 is 5.97 Å². The molecule has 2 aliphatic heterocycles. The minimum Gasteiger partial charge on any atom is -0.486 e. The van der Waals surface area contributed by atoms with Crippen LogP contribution in [0, 0.1) is 17.5 Å². The van der Waals surface area contributed by atoms with E-state index in [1.807, 2.05) is 49.2 Å². The number of carboxylic acids is 1. The van der Waals surface area contributed by atoms with E-state index < -0.39 is 29.7 Å². The van der Waals surface area contributed by atoms with Gasteiger partial charge >= 0.3 is 5.97 Å². The summed E-state index contributed by atoms with van der Waals surface area (Å²) in [4.78, 5) is 16.3. The van der Waals surface area contributed by atoms with E-state index in [0.29, 0.717) is 50.3 Å². The molecule has 45 heavy (non-hydrogen) atoms. The Morgan fingerprint density at radius 3 is 2.47 bits per heavy atom. The quantitative estimate of drug-likeness (QED) is 0.226. The lowest BCUT2D eigenvalue weighted by Gasteiger charge is -2.35. The second-order valence-electron chi connectivity index (χ2n) is 11.9. The molecule has 0 amide bonds. The Bertz CT molecular complexity index is 1700. The molecule has 0 radical (unpaired) electrons. The smallest absolute Gasteiger partial charge is 0.321 e. The number of likely N-dealkylation sites (N-methyl/N-ethyl adjacent to an activating group) is 1. The SMILES string of the molecule is CC[C@@H](Oc1ccc([C@H]2CN(C)Cc3cc4c(cc3O2)CN(Cc2cccc(F)c2)[C@H](C(=O)O)C4)cc1)c1ccc(F)c(F)c1. The highest BCUT2D eigenvalue weighted by Crippen LogP contribution is 2.37. The third-order valence-electron chi connectivity index (χ3n) is 8.57. The van der Waals surface area contributed by atoms with Crippen LogP contribution in [0.15, 0.2) is 78.9 Å². The summed E-state index contributed by atoms with van der Waals surface area (Å²) in [6.07, 6.45) is 0.239. The number of carbonyl (C=O) groups is 1. The van der Waals surface area contributed by atoms with E-state index in [1.54, 1.807) is 12.1 Å². The summed E-state index contributed by atoms with van der Waals surface area (Å²) >= 11 is 0. The van der Waals surface area contributed by atoms with Crippen LogP contribution in [0.25, 0.3) is 0 Å². The highest BCUT2D eigenvalue weighted by molar-refractivity contribution is 5.74. The van der Waals surface area contributed by atoms with Crippen molar-refractivity contribution in [3.05, 3.63) is 130 Å². The van der Waals surface area contributed by atoms with E-state index in [1.165, 1.54) is 24.3 Å². The first kappa shape index (κ1) is 30.7. The molecule has 4 aromatic rings. The molecule has 0 saturated heterocycles. The molecular weight excluding hydrogens is 581 g/mol. The van der Waals surface area contributed by atoms with Gasteiger partial charge in [0.2, 0.25) is 0 Å². The lowest BCUT2D eigenvalue weighted by Crippen LogP contribution is -2.45. The zero-order valence-corrected chi connectivity index (χ0v) is 25.2. The third kappa shape index (κ3) is 6.84. The third-order valence-corrected chi connectivity index (χ3v) is 8.57. The first-order chi connectivity index (χ1) is 21.7. The monoisotopic (exact) mass is 616 g/mol. The molecule has 0 spiro atoms. The minimum atomic E-state index is -0.901. The van der Waals surface area contributed by atoms with Gasteiger partial charge in [-0.25, -0.2) is 13.2 Å². The summed E-state index contributed by atoms with van der Waals surface area (Å²) in [6, 6.07) is 21.1. The van der Waals surface area contributed by atoms with Crippen LogP contribution in [0.4, 0.5) is 13.2 Å². The van der Waals surface area contributed by atoms with E-state index in [9.17, 15) is 23.1 Å². The van der Waals surface area contributed by atoms with Crippen LogP contribution in [-0.4, -0.2) is 40.5 Å². The van der Waals surface area contributed by atoms with Crippen LogP contribution < -0.4 is 9.47 Å². The number of halogens is 3. The van der Waals surface area contributed by atoms with E-state index in [4.69, 9.17) is 9.47 Å². The van der Waals surface area contributed by atoms with Gasteiger partial charge in [-0.3, -0.25) is 14.6 Å². The summed E-state index contributed by atoms with van der Waals surface area (Å²) in [5, 5.41) is 10.0. The van der Waals surface area contributed by atoms with E-state index in [0.717, 1.165) is 39.6 Å². The summed E-state index contributed by atoms with van der Waals surface area (Å²) < 4.78 is 53.9. The summed E-state index contributed by atoms with van der Waals surface area (Å²) in [5.74, 6) is -1.67. The van der Waals surface area contributed by atoms with Crippen LogP contribution in [-0.2, 0) is 30.8 Å². The number of benzene rings is 4. The Labute approximate surface area is 260 Å². The molecule has 2 heterocycles. The molecule has 9 heteroatoms. The molecule has 0 unspecified atom stereocenters. The van der Waals surface area contributed by atoms with Gasteiger partial charge in [-0.2, -0.15) is 0 Å². The van der Waals surface area contributed by atoms with Gasteiger partial charge < -0.3 is 14.6 Å². The van der Waals surface area contributed by atoms with Gasteiger partial charge in [-0.15, -0.1) is 0 Å². The maximum absolute atomic E-state index is 13.9. The van der Waals surface area contributed by atoms with Gasteiger partial charge in [0.15, 0.2) is 11.6 Å². The van der Waals surface area contributed by atoms with Crippen molar-refractivity contribution in [2.45, 2.75) is 57.6 Å². The van der Waals surface area contributed by atoms with Crippen LogP contribution in [0.2, 0.25) is 0 Å². The van der Waals surface area contributed by atoms with Gasteiger partial charge in [0.25, 0.3) is 0 Å². The molecule has 3 atom stereocenters. The van der Waals surface area contributed by atoms with Crippen LogP contribution >= 0.6 is 0 Å². The highest BCUT2D eigenvalue weighted by atomic mass is 19.2. The largest absolute Gasteiger partial charge is 0.486 e. The Kier molecular flexibility index (Phi) is 8.83. The summed E-state index contributed by atoms with van der Waals surface area (Å²) in [7, 11) is 2.02. The predicted octanol–water partition coefficient (Wildman–Crippen LogP) is 7.21. The van der Waals surface area contributed by atoms with E-state index in [2.05, 4.69) is 11.0 Å². The van der Waals surface area contributed by atoms with Gasteiger partial charge in [0.1, 0.15) is 35.6 Å². The van der Waals surface area contributed by atoms with E-state index in [-0.39, 0.29) is 11.9 Å². The average molecular weight is 617 g/mol. The molecule has 0 saturated carbocycles. The van der Waals surface area contributed by atoms with Crippen molar-refractivity contribution in [2.24, 2.45) is 0 Å². The number of ether oxygens (including phenoxy) is 2. The fraction of sp³-hybridized carbons (Fsp3) is 0.306. The second kappa shape index (κ2) is 12.9. The molecule has 0 fully saturated rings. The van der Waals surface area contributed by atoms with Crippen LogP contribution in [0.3, 0.4) is 0 Å². The first-order valence-electron chi connectivity index (χ1n) is 15.1. The molecule has 234 valence electrons. The van der Waals surface area contributed by atoms with E-state index >= 15 is 0 Å². The predicted molar refractivity (Wildman–Crippen MR) is 163 cm³/mol. The van der Waals surface area contributed by atoms with Crippen molar-refractivity contribution in [2.75, 3.05) is 13.6 Å². The minimum absolute atomic E-state index is 0.268. The normalized spacial score (nSPS) is 19.1. The number of fused-ring (bicyclic) bond motifs is 2. The van der Waals surface area contributed by atoms with Crippen molar-refractivity contribution < 1.29 is 32.5 Å². The van der Waals surface area contributed by atoms with Crippen molar-refractivity contribution in [3.63, 3.8) is 0 Å².